The summed E-state index contributed by atoms with van der Waals surface area (Å²) in [7, 11) is 1.63. The Labute approximate surface area is 174 Å². The Balaban J connectivity index is 1.71. The summed E-state index contributed by atoms with van der Waals surface area (Å²) in [5, 5.41) is 14.3. The lowest BCUT2D eigenvalue weighted by atomic mass is 10.1. The minimum Gasteiger partial charge on any atom is -0.382 e. The van der Waals surface area contributed by atoms with Crippen molar-refractivity contribution < 1.29 is 9.53 Å². The maximum atomic E-state index is 12.4. The van der Waals surface area contributed by atoms with E-state index in [-0.39, 0.29) is 17.6 Å². The van der Waals surface area contributed by atoms with Crippen LogP contribution in [0.3, 0.4) is 0 Å². The van der Waals surface area contributed by atoms with Crippen molar-refractivity contribution >= 4 is 5.91 Å². The summed E-state index contributed by atoms with van der Waals surface area (Å²) >= 11 is 0. The number of H-pyrrole nitrogens is 1. The molecule has 1 unspecified atom stereocenters. The van der Waals surface area contributed by atoms with Crippen LogP contribution in [0.4, 0.5) is 0 Å². The lowest BCUT2D eigenvalue weighted by Gasteiger charge is -2.10. The van der Waals surface area contributed by atoms with Crippen LogP contribution in [0.5, 0.6) is 0 Å². The molecule has 3 rings (SSSR count). The molecule has 8 heteroatoms. The molecule has 1 amide bonds. The van der Waals surface area contributed by atoms with Crippen molar-refractivity contribution in [3.63, 3.8) is 0 Å². The number of carbonyl (C=O) groups is 1. The van der Waals surface area contributed by atoms with Crippen LogP contribution in [0.15, 0.2) is 53.6 Å². The van der Waals surface area contributed by atoms with Crippen molar-refractivity contribution in [3.05, 3.63) is 70.3 Å². The summed E-state index contributed by atoms with van der Waals surface area (Å²) in [4.78, 5) is 28.9. The van der Waals surface area contributed by atoms with E-state index in [9.17, 15) is 9.59 Å². The highest BCUT2D eigenvalue weighted by Gasteiger charge is 2.11. The van der Waals surface area contributed by atoms with Crippen LogP contribution in [0.1, 0.15) is 29.3 Å². The molecule has 154 valence electrons. The number of hydrogen-bond donors (Lipinski definition) is 2. The molecule has 0 radical (unpaired) electrons. The van der Waals surface area contributed by atoms with Crippen molar-refractivity contribution in [1.82, 2.24) is 20.1 Å². The number of carbonyl (C=O) groups excluding carboxylic acids is 1. The number of hydrogen-bond acceptors (Lipinski definition) is 5. The number of pyridine rings is 1. The topological polar surface area (TPSA) is 113 Å². The Morgan fingerprint density at radius 3 is 2.70 bits per heavy atom. The summed E-state index contributed by atoms with van der Waals surface area (Å²) in [6, 6.07) is 12.7. The Hall–Kier alpha value is -3.70. The fraction of sp³-hybridized carbons (Fsp3) is 0.273. The highest BCUT2D eigenvalue weighted by atomic mass is 16.5. The fourth-order valence-corrected chi connectivity index (χ4v) is 2.88. The van der Waals surface area contributed by atoms with Gasteiger partial charge in [-0.2, -0.15) is 5.26 Å². The molecule has 1 atom stereocenters. The first-order valence-corrected chi connectivity index (χ1v) is 9.57. The highest BCUT2D eigenvalue weighted by molar-refractivity contribution is 5.93. The second-order valence-electron chi connectivity index (χ2n) is 6.88. The molecule has 0 aliphatic carbocycles. The van der Waals surface area contributed by atoms with Gasteiger partial charge in [-0.05, 0) is 36.6 Å². The molecule has 0 spiro atoms. The first-order chi connectivity index (χ1) is 14.5. The van der Waals surface area contributed by atoms with Crippen molar-refractivity contribution in [2.75, 3.05) is 13.7 Å². The van der Waals surface area contributed by atoms with E-state index in [1.54, 1.807) is 25.4 Å². The van der Waals surface area contributed by atoms with Gasteiger partial charge in [0.05, 0.1) is 29.7 Å². The summed E-state index contributed by atoms with van der Waals surface area (Å²) in [5.74, 6) is 0.278. The van der Waals surface area contributed by atoms with Crippen molar-refractivity contribution in [2.45, 2.75) is 25.9 Å². The highest BCUT2D eigenvalue weighted by Crippen LogP contribution is 2.17. The lowest BCUT2D eigenvalue weighted by molar-refractivity contribution is 0.0917. The molecular formula is C22H23N5O3. The second kappa shape index (κ2) is 9.67. The largest absolute Gasteiger partial charge is 0.382 e. The maximum Gasteiger partial charge on any atom is 0.272 e. The van der Waals surface area contributed by atoms with E-state index in [4.69, 9.17) is 10.00 Å². The molecule has 2 N–H and O–H groups in total. The first-order valence-electron chi connectivity index (χ1n) is 9.57. The number of methoxy groups -OCH3 is 1. The zero-order chi connectivity index (χ0) is 21.5. The van der Waals surface area contributed by atoms with Crippen molar-refractivity contribution in [2.24, 2.45) is 0 Å². The van der Waals surface area contributed by atoms with Gasteiger partial charge in [-0.1, -0.05) is 24.3 Å². The molecule has 8 nitrogen and oxygen atoms in total. The predicted octanol–water partition coefficient (Wildman–Crippen LogP) is 2.45. The Morgan fingerprint density at radius 2 is 2.07 bits per heavy atom. The standard InChI is InChI=1S/C22H23N5O3/c1-15(30-2)10-12-24-21(28)18-7-8-20(25-13-18)27-14-19(22(29)26-27)17-5-3-16(4-6-17)9-11-23/h3-8,13-15H,9-10,12H2,1-2H3,(H,24,28)(H,26,29). The Bertz CT molecular complexity index is 1090. The number of aromatic nitrogens is 3. The van der Waals surface area contributed by atoms with Gasteiger partial charge in [0, 0.05) is 26.0 Å². The Morgan fingerprint density at radius 1 is 1.30 bits per heavy atom. The van der Waals surface area contributed by atoms with Crippen LogP contribution in [-0.4, -0.2) is 40.4 Å². The molecule has 1 aromatic carbocycles. The summed E-state index contributed by atoms with van der Waals surface area (Å²) in [6.07, 6.45) is 4.26. The number of nitriles is 1. The van der Waals surface area contributed by atoms with Crippen LogP contribution < -0.4 is 10.9 Å². The van der Waals surface area contributed by atoms with Gasteiger partial charge in [0.1, 0.15) is 0 Å². The SMILES string of the molecule is COC(C)CCNC(=O)c1ccc(-n2cc(-c3ccc(CC#N)cc3)c(=O)[nH]2)nc1. The smallest absolute Gasteiger partial charge is 0.272 e. The van der Waals surface area contributed by atoms with Gasteiger partial charge in [-0.3, -0.25) is 14.7 Å². The van der Waals surface area contributed by atoms with E-state index < -0.39 is 0 Å². The molecule has 0 fully saturated rings. The molecular weight excluding hydrogens is 382 g/mol. The van der Waals surface area contributed by atoms with Gasteiger partial charge in [-0.15, -0.1) is 0 Å². The van der Waals surface area contributed by atoms with Crippen molar-refractivity contribution in [3.8, 4) is 23.0 Å². The van der Waals surface area contributed by atoms with E-state index in [2.05, 4.69) is 21.5 Å². The number of amides is 1. The number of nitrogens with zero attached hydrogens (tertiary/aromatic N) is 3. The molecule has 0 saturated carbocycles. The van der Waals surface area contributed by atoms with Crippen LogP contribution in [0.2, 0.25) is 0 Å². The van der Waals surface area contributed by atoms with Crippen LogP contribution >= 0.6 is 0 Å². The van der Waals surface area contributed by atoms with Gasteiger partial charge >= 0.3 is 0 Å². The monoisotopic (exact) mass is 405 g/mol. The van der Waals surface area contributed by atoms with Gasteiger partial charge in [0.15, 0.2) is 5.82 Å². The molecule has 0 aliphatic heterocycles. The van der Waals surface area contributed by atoms with E-state index in [1.165, 1.54) is 10.9 Å². The normalized spacial score (nSPS) is 11.6. The maximum absolute atomic E-state index is 12.4. The third-order valence-electron chi connectivity index (χ3n) is 4.77. The first kappa shape index (κ1) is 21.0. The molecule has 0 bridgehead atoms. The van der Waals surface area contributed by atoms with E-state index in [0.29, 0.717) is 29.9 Å². The summed E-state index contributed by atoms with van der Waals surface area (Å²) in [5.41, 5.74) is 2.32. The third kappa shape index (κ3) is 5.01. The second-order valence-corrected chi connectivity index (χ2v) is 6.88. The number of ether oxygens (including phenoxy) is 1. The molecule has 2 aromatic heterocycles. The molecule has 0 saturated heterocycles. The minimum absolute atomic E-state index is 0.0770. The zero-order valence-corrected chi connectivity index (χ0v) is 16.9. The van der Waals surface area contributed by atoms with E-state index in [1.807, 2.05) is 31.2 Å². The van der Waals surface area contributed by atoms with Gasteiger partial charge in [0.25, 0.3) is 11.5 Å². The molecule has 0 aliphatic rings. The average Bonchev–Trinajstić information content (AvgIpc) is 3.16. The quantitative estimate of drug-likeness (QED) is 0.598. The molecule has 3 aromatic rings. The number of rotatable bonds is 8. The molecule has 30 heavy (non-hydrogen) atoms. The lowest BCUT2D eigenvalue weighted by Crippen LogP contribution is -2.27. The van der Waals surface area contributed by atoms with Gasteiger partial charge in [-0.25, -0.2) is 9.67 Å². The van der Waals surface area contributed by atoms with Gasteiger partial charge < -0.3 is 10.1 Å². The van der Waals surface area contributed by atoms with Crippen LogP contribution in [0.25, 0.3) is 16.9 Å². The minimum atomic E-state index is -0.251. The Kier molecular flexibility index (Phi) is 6.78. The van der Waals surface area contributed by atoms with Crippen LogP contribution in [0, 0.1) is 11.3 Å². The van der Waals surface area contributed by atoms with Crippen molar-refractivity contribution in [1.29, 1.82) is 5.26 Å². The number of benzene rings is 1. The fourth-order valence-electron chi connectivity index (χ4n) is 2.88. The van der Waals surface area contributed by atoms with Gasteiger partial charge in [0.2, 0.25) is 0 Å². The number of aromatic amines is 1. The number of nitrogens with one attached hydrogen (secondary N) is 2. The average molecular weight is 405 g/mol. The third-order valence-corrected chi connectivity index (χ3v) is 4.77. The predicted molar refractivity (Wildman–Crippen MR) is 112 cm³/mol. The summed E-state index contributed by atoms with van der Waals surface area (Å²) < 4.78 is 6.67. The molecule has 2 heterocycles. The van der Waals surface area contributed by atoms with E-state index >= 15 is 0 Å². The zero-order valence-electron chi connectivity index (χ0n) is 16.9. The van der Waals surface area contributed by atoms with E-state index in [0.717, 1.165) is 17.5 Å². The summed E-state index contributed by atoms with van der Waals surface area (Å²) in [6.45, 7) is 2.45. The van der Waals surface area contributed by atoms with Crippen LogP contribution in [-0.2, 0) is 11.2 Å².